The lowest BCUT2D eigenvalue weighted by Gasteiger charge is -2.29. The predicted molar refractivity (Wildman–Crippen MR) is 141 cm³/mol. The third-order valence-electron chi connectivity index (χ3n) is 8.37. The third kappa shape index (κ3) is 5.83. The number of aliphatic hydroxyl groups is 1. The highest BCUT2D eigenvalue weighted by atomic mass is 16.5. The van der Waals surface area contributed by atoms with Crippen LogP contribution in [0.4, 0.5) is 0 Å². The molecule has 2 aromatic rings. The number of aromatic hydroxyl groups is 1. The Morgan fingerprint density at radius 1 is 0.972 bits per heavy atom. The zero-order valence-corrected chi connectivity index (χ0v) is 21.5. The molecule has 0 radical (unpaired) electrons. The van der Waals surface area contributed by atoms with Crippen molar-refractivity contribution in [1.82, 2.24) is 0 Å². The molecule has 5 heteroatoms. The molecule has 2 aliphatic rings. The van der Waals surface area contributed by atoms with Crippen LogP contribution in [0.3, 0.4) is 0 Å². The summed E-state index contributed by atoms with van der Waals surface area (Å²) in [7, 11) is 1.40. The summed E-state index contributed by atoms with van der Waals surface area (Å²) in [6, 6.07) is 14.1. The van der Waals surface area contributed by atoms with Gasteiger partial charge >= 0.3 is 5.97 Å². The summed E-state index contributed by atoms with van der Waals surface area (Å²) in [5.74, 6) is 0.340. The number of hydrogen-bond acceptors (Lipinski definition) is 5. The highest BCUT2D eigenvalue weighted by Gasteiger charge is 2.48. The van der Waals surface area contributed by atoms with E-state index in [4.69, 9.17) is 0 Å². The molecule has 0 unspecified atom stereocenters. The molecule has 2 saturated carbocycles. The maximum absolute atomic E-state index is 12.7. The van der Waals surface area contributed by atoms with Gasteiger partial charge in [0.25, 0.3) is 0 Å². The Morgan fingerprint density at radius 3 is 2.42 bits per heavy atom. The first-order valence-electron chi connectivity index (χ1n) is 13.7. The standard InChI is InChI=1S/C31H40O5/c1-36-29(33)14-7-2-3-8-21-31(35)27(19-20-28(31)32)24-17-15-23(16-18-24)26-13-9-12-25(30(26)34)22-10-5-4-6-11-22/h9,12-13,15-18,22,27,34-35H,2-8,10-11,14,19-21H2,1H3/t27-,31+/m0/s1. The van der Waals surface area contributed by atoms with Gasteiger partial charge in [-0.05, 0) is 54.7 Å². The van der Waals surface area contributed by atoms with Gasteiger partial charge in [-0.15, -0.1) is 0 Å². The second-order valence-corrected chi connectivity index (χ2v) is 10.6. The van der Waals surface area contributed by atoms with Crippen LogP contribution in [-0.2, 0) is 14.3 Å². The first-order chi connectivity index (χ1) is 17.4. The number of phenolic OH excluding ortho intramolecular Hbond substituents is 1. The molecule has 2 aromatic carbocycles. The van der Waals surface area contributed by atoms with E-state index < -0.39 is 5.60 Å². The van der Waals surface area contributed by atoms with Crippen LogP contribution >= 0.6 is 0 Å². The van der Waals surface area contributed by atoms with Gasteiger partial charge in [-0.1, -0.05) is 81.0 Å². The second kappa shape index (κ2) is 12.1. The third-order valence-corrected chi connectivity index (χ3v) is 8.37. The first kappa shape index (κ1) is 26.4. The quantitative estimate of drug-likeness (QED) is 0.281. The van der Waals surface area contributed by atoms with Gasteiger partial charge in [-0.3, -0.25) is 9.59 Å². The van der Waals surface area contributed by atoms with E-state index >= 15 is 0 Å². The molecule has 0 spiro atoms. The summed E-state index contributed by atoms with van der Waals surface area (Å²) < 4.78 is 4.67. The average Bonchev–Trinajstić information content (AvgIpc) is 3.20. The van der Waals surface area contributed by atoms with Crippen molar-refractivity contribution in [2.24, 2.45) is 0 Å². The zero-order valence-electron chi connectivity index (χ0n) is 21.5. The van der Waals surface area contributed by atoms with Crippen LogP contribution in [0.2, 0.25) is 0 Å². The van der Waals surface area contributed by atoms with Gasteiger partial charge in [0.15, 0.2) is 5.78 Å². The number of carbonyl (C=O) groups excluding carboxylic acids is 2. The van der Waals surface area contributed by atoms with E-state index in [0.717, 1.165) is 60.8 Å². The Labute approximate surface area is 214 Å². The molecule has 0 aromatic heterocycles. The van der Waals surface area contributed by atoms with E-state index in [9.17, 15) is 19.8 Å². The molecule has 2 N–H and O–H groups in total. The van der Waals surface area contributed by atoms with Gasteiger partial charge in [0.2, 0.25) is 0 Å². The number of phenols is 1. The fourth-order valence-corrected chi connectivity index (χ4v) is 6.23. The molecule has 0 amide bonds. The number of para-hydroxylation sites is 1. The minimum Gasteiger partial charge on any atom is -0.507 e. The van der Waals surface area contributed by atoms with Gasteiger partial charge in [0, 0.05) is 24.3 Å². The number of ether oxygens (including phenoxy) is 1. The summed E-state index contributed by atoms with van der Waals surface area (Å²) in [6.07, 6.45) is 11.2. The molecule has 0 heterocycles. The van der Waals surface area contributed by atoms with E-state index in [1.165, 1.54) is 26.4 Å². The average molecular weight is 493 g/mol. The van der Waals surface area contributed by atoms with Crippen molar-refractivity contribution in [3.05, 3.63) is 53.6 Å². The van der Waals surface area contributed by atoms with Crippen LogP contribution in [0.5, 0.6) is 5.75 Å². The number of Topliss-reactive ketones (excluding diaryl/α,β-unsaturated/α-hetero) is 1. The Hall–Kier alpha value is -2.66. The maximum Gasteiger partial charge on any atom is 0.305 e. The Kier molecular flexibility index (Phi) is 8.84. The number of methoxy groups -OCH3 is 1. The normalized spacial score (nSPS) is 22.6. The summed E-state index contributed by atoms with van der Waals surface area (Å²) >= 11 is 0. The number of carbonyl (C=O) groups is 2. The van der Waals surface area contributed by atoms with Gasteiger partial charge in [0.1, 0.15) is 11.4 Å². The van der Waals surface area contributed by atoms with Crippen molar-refractivity contribution in [2.45, 2.75) is 101 Å². The molecular formula is C31H40O5. The SMILES string of the molecule is COC(=O)CCCCCC[C@]1(O)C(=O)CC[C@H]1c1ccc(-c2cccc(C3CCCCC3)c2O)cc1. The van der Waals surface area contributed by atoms with Crippen LogP contribution in [-0.4, -0.2) is 34.7 Å². The van der Waals surface area contributed by atoms with Crippen molar-refractivity contribution in [3.63, 3.8) is 0 Å². The van der Waals surface area contributed by atoms with E-state index in [2.05, 4.69) is 10.8 Å². The van der Waals surface area contributed by atoms with E-state index in [1.54, 1.807) is 0 Å². The summed E-state index contributed by atoms with van der Waals surface area (Å²) in [5.41, 5.74) is 2.49. The van der Waals surface area contributed by atoms with Gasteiger partial charge in [0.05, 0.1) is 7.11 Å². The fourth-order valence-electron chi connectivity index (χ4n) is 6.23. The molecule has 0 bridgehead atoms. The molecule has 36 heavy (non-hydrogen) atoms. The van der Waals surface area contributed by atoms with Gasteiger partial charge < -0.3 is 14.9 Å². The highest BCUT2D eigenvalue weighted by Crippen LogP contribution is 2.45. The van der Waals surface area contributed by atoms with Crippen molar-refractivity contribution in [1.29, 1.82) is 0 Å². The number of unbranched alkanes of at least 4 members (excludes halogenated alkanes) is 3. The summed E-state index contributed by atoms with van der Waals surface area (Å²) in [5, 5.41) is 22.5. The number of rotatable bonds is 10. The van der Waals surface area contributed by atoms with Crippen molar-refractivity contribution < 1.29 is 24.5 Å². The predicted octanol–water partition coefficient (Wildman–Crippen LogP) is 6.80. The fraction of sp³-hybridized carbons (Fsp3) is 0.548. The van der Waals surface area contributed by atoms with Crippen molar-refractivity contribution in [2.75, 3.05) is 7.11 Å². The largest absolute Gasteiger partial charge is 0.507 e. The second-order valence-electron chi connectivity index (χ2n) is 10.6. The number of benzene rings is 2. The minimum absolute atomic E-state index is 0.0658. The maximum atomic E-state index is 12.7. The summed E-state index contributed by atoms with van der Waals surface area (Å²) in [4.78, 5) is 24.0. The monoisotopic (exact) mass is 492 g/mol. The van der Waals surface area contributed by atoms with Crippen molar-refractivity contribution in [3.8, 4) is 16.9 Å². The molecule has 5 nitrogen and oxygen atoms in total. The molecular weight excluding hydrogens is 452 g/mol. The van der Waals surface area contributed by atoms with Crippen LogP contribution in [0.1, 0.15) is 106 Å². The molecule has 2 atom stereocenters. The van der Waals surface area contributed by atoms with Gasteiger partial charge in [-0.25, -0.2) is 0 Å². The molecule has 194 valence electrons. The molecule has 0 saturated heterocycles. The Balaban J connectivity index is 1.42. The number of esters is 1. The summed E-state index contributed by atoms with van der Waals surface area (Å²) in [6.45, 7) is 0. The molecule has 2 aliphatic carbocycles. The number of ketones is 1. The molecule has 2 fully saturated rings. The topological polar surface area (TPSA) is 83.8 Å². The van der Waals surface area contributed by atoms with Crippen molar-refractivity contribution >= 4 is 11.8 Å². The number of hydrogen-bond donors (Lipinski definition) is 2. The van der Waals surface area contributed by atoms with Crippen LogP contribution in [0.15, 0.2) is 42.5 Å². The van der Waals surface area contributed by atoms with E-state index in [0.29, 0.717) is 37.4 Å². The Bertz CT molecular complexity index is 1040. The lowest BCUT2D eigenvalue weighted by Crippen LogP contribution is -2.38. The first-order valence-corrected chi connectivity index (χ1v) is 13.7. The lowest BCUT2D eigenvalue weighted by atomic mass is 9.80. The Morgan fingerprint density at radius 2 is 1.69 bits per heavy atom. The zero-order chi connectivity index (χ0) is 25.5. The van der Waals surface area contributed by atoms with Gasteiger partial charge in [-0.2, -0.15) is 0 Å². The lowest BCUT2D eigenvalue weighted by molar-refractivity contribution is -0.140. The van der Waals surface area contributed by atoms with E-state index in [-0.39, 0.29) is 17.7 Å². The van der Waals surface area contributed by atoms with Crippen LogP contribution in [0, 0.1) is 0 Å². The minimum atomic E-state index is -1.33. The van der Waals surface area contributed by atoms with Crippen LogP contribution < -0.4 is 0 Å². The van der Waals surface area contributed by atoms with E-state index in [1.807, 2.05) is 36.4 Å². The highest BCUT2D eigenvalue weighted by molar-refractivity contribution is 5.90. The molecule has 4 rings (SSSR count). The smallest absolute Gasteiger partial charge is 0.305 e. The van der Waals surface area contributed by atoms with Crippen LogP contribution in [0.25, 0.3) is 11.1 Å². The molecule has 0 aliphatic heterocycles.